The van der Waals surface area contributed by atoms with Gasteiger partial charge in [0.25, 0.3) is 10.2 Å². The minimum atomic E-state index is -3.53. The van der Waals surface area contributed by atoms with Crippen LogP contribution in [0.1, 0.15) is 12.0 Å². The van der Waals surface area contributed by atoms with Gasteiger partial charge in [-0.25, -0.2) is 0 Å². The number of likely N-dealkylation sites (tertiary alicyclic amines) is 1. The third-order valence-electron chi connectivity index (χ3n) is 4.24. The van der Waals surface area contributed by atoms with Crippen LogP contribution in [0.5, 0.6) is 5.75 Å². The Balaban J connectivity index is 1.83. The van der Waals surface area contributed by atoms with Crippen LogP contribution in [0.4, 0.5) is 0 Å². The van der Waals surface area contributed by atoms with E-state index < -0.39 is 22.4 Å². The normalized spacial score (nSPS) is 22.6. The lowest BCUT2D eigenvalue weighted by atomic mass is 10.0. The van der Waals surface area contributed by atoms with Crippen molar-refractivity contribution in [2.45, 2.75) is 18.6 Å². The van der Waals surface area contributed by atoms with Crippen LogP contribution in [0.2, 0.25) is 0 Å². The summed E-state index contributed by atoms with van der Waals surface area (Å²) in [5.74, 6) is 0.822. The predicted molar refractivity (Wildman–Crippen MR) is 98.6 cm³/mol. The fraction of sp³-hybridized carbons (Fsp3) is 0.529. The van der Waals surface area contributed by atoms with Crippen molar-refractivity contribution < 1.29 is 18.3 Å². The monoisotopic (exact) mass is 369 g/mol. The minimum absolute atomic E-state index is 0.438. The molecule has 0 radical (unpaired) electrons. The molecule has 0 spiro atoms. The van der Waals surface area contributed by atoms with Crippen molar-refractivity contribution in [2.24, 2.45) is 0 Å². The second kappa shape index (κ2) is 8.77. The van der Waals surface area contributed by atoms with Gasteiger partial charge < -0.3 is 9.84 Å². The van der Waals surface area contributed by atoms with Crippen molar-refractivity contribution in [1.82, 2.24) is 13.9 Å². The minimum Gasteiger partial charge on any atom is -0.497 e. The van der Waals surface area contributed by atoms with E-state index in [0.29, 0.717) is 19.5 Å². The molecule has 0 amide bonds. The van der Waals surface area contributed by atoms with Crippen LogP contribution in [0.25, 0.3) is 6.08 Å². The zero-order valence-electron chi connectivity index (χ0n) is 14.9. The van der Waals surface area contributed by atoms with Gasteiger partial charge >= 0.3 is 0 Å². The summed E-state index contributed by atoms with van der Waals surface area (Å²) < 4.78 is 32.5. The third-order valence-corrected chi connectivity index (χ3v) is 5.80. The lowest BCUT2D eigenvalue weighted by Crippen LogP contribution is -2.55. The number of ether oxygens (including phenoxy) is 1. The molecule has 0 bridgehead atoms. The molecular weight excluding hydrogens is 342 g/mol. The number of aliphatic hydroxyl groups excluding tert-OH is 1. The van der Waals surface area contributed by atoms with E-state index in [1.165, 1.54) is 14.1 Å². The summed E-state index contributed by atoms with van der Waals surface area (Å²) in [5, 5.41) is 10.2. The molecule has 0 unspecified atom stereocenters. The van der Waals surface area contributed by atoms with E-state index in [-0.39, 0.29) is 0 Å². The molecule has 1 heterocycles. The van der Waals surface area contributed by atoms with E-state index >= 15 is 0 Å². The number of hydrogen-bond donors (Lipinski definition) is 2. The number of aliphatic hydroxyl groups is 1. The molecule has 2 rings (SSSR count). The topological polar surface area (TPSA) is 82.1 Å². The molecule has 1 aromatic rings. The van der Waals surface area contributed by atoms with Gasteiger partial charge in [-0.1, -0.05) is 24.3 Å². The largest absolute Gasteiger partial charge is 0.497 e. The van der Waals surface area contributed by atoms with E-state index in [1.807, 2.05) is 36.4 Å². The molecule has 0 saturated carbocycles. The Morgan fingerprint density at radius 1 is 1.36 bits per heavy atom. The van der Waals surface area contributed by atoms with E-state index in [4.69, 9.17) is 4.74 Å². The van der Waals surface area contributed by atoms with Crippen LogP contribution >= 0.6 is 0 Å². The third kappa shape index (κ3) is 5.79. The van der Waals surface area contributed by atoms with E-state index in [1.54, 1.807) is 7.11 Å². The molecule has 1 aliphatic heterocycles. The molecule has 1 saturated heterocycles. The summed E-state index contributed by atoms with van der Waals surface area (Å²) in [7, 11) is 1.04. The molecule has 1 aliphatic rings. The first-order valence-electron chi connectivity index (χ1n) is 8.22. The number of piperidine rings is 1. The second-order valence-corrected chi connectivity index (χ2v) is 8.22. The summed E-state index contributed by atoms with van der Waals surface area (Å²) in [6.07, 6.45) is 3.91. The molecule has 8 heteroatoms. The van der Waals surface area contributed by atoms with Crippen LogP contribution in [0, 0.1) is 0 Å². The average molecular weight is 369 g/mol. The maximum atomic E-state index is 11.9. The number of nitrogens with zero attached hydrogens (tertiary/aromatic N) is 2. The number of benzene rings is 1. The van der Waals surface area contributed by atoms with E-state index in [2.05, 4.69) is 9.62 Å². The maximum Gasteiger partial charge on any atom is 0.279 e. The molecule has 2 N–H and O–H groups in total. The lowest BCUT2D eigenvalue weighted by molar-refractivity contribution is 0.0532. The van der Waals surface area contributed by atoms with Crippen LogP contribution < -0.4 is 9.46 Å². The Bertz CT molecular complexity index is 674. The molecule has 140 valence electrons. The van der Waals surface area contributed by atoms with Gasteiger partial charge in [0.2, 0.25) is 0 Å². The second-order valence-electron chi connectivity index (χ2n) is 6.30. The fourth-order valence-corrected chi connectivity index (χ4v) is 3.52. The molecule has 1 fully saturated rings. The average Bonchev–Trinajstić information content (AvgIpc) is 2.57. The van der Waals surface area contributed by atoms with Gasteiger partial charge in [0.05, 0.1) is 19.3 Å². The Morgan fingerprint density at radius 3 is 2.60 bits per heavy atom. The Hall–Kier alpha value is -1.45. The summed E-state index contributed by atoms with van der Waals surface area (Å²) in [6.45, 7) is 1.87. The highest BCUT2D eigenvalue weighted by molar-refractivity contribution is 7.87. The smallest absolute Gasteiger partial charge is 0.279 e. The highest BCUT2D eigenvalue weighted by atomic mass is 32.2. The van der Waals surface area contributed by atoms with E-state index in [9.17, 15) is 13.5 Å². The van der Waals surface area contributed by atoms with Gasteiger partial charge in [0.1, 0.15) is 5.75 Å². The molecule has 25 heavy (non-hydrogen) atoms. The first-order chi connectivity index (χ1) is 11.8. The van der Waals surface area contributed by atoms with Crippen molar-refractivity contribution in [3.63, 3.8) is 0 Å². The van der Waals surface area contributed by atoms with Gasteiger partial charge in [0, 0.05) is 33.7 Å². The zero-order chi connectivity index (χ0) is 18.4. The molecule has 2 atom stereocenters. The number of β-amino-alcohol motifs (C(OH)–C–C–N with tert-alkyl or cyclic N) is 1. The first-order valence-corrected chi connectivity index (χ1v) is 9.66. The summed E-state index contributed by atoms with van der Waals surface area (Å²) in [5.41, 5.74) is 1.08. The van der Waals surface area contributed by atoms with Crippen molar-refractivity contribution in [3.05, 3.63) is 35.9 Å². The van der Waals surface area contributed by atoms with Crippen LogP contribution in [0.15, 0.2) is 30.3 Å². The molecular formula is C17H27N3O4S. The lowest BCUT2D eigenvalue weighted by Gasteiger charge is -2.35. The van der Waals surface area contributed by atoms with Crippen LogP contribution in [-0.4, -0.2) is 75.7 Å². The summed E-state index contributed by atoms with van der Waals surface area (Å²) >= 11 is 0. The molecule has 0 aliphatic carbocycles. The summed E-state index contributed by atoms with van der Waals surface area (Å²) in [4.78, 5) is 2.10. The SMILES string of the molecule is COc1ccc(C=CCN2CC[C@@H](NS(=O)(=O)N(C)C)[C@H](O)C2)cc1. The standard InChI is InChI=1S/C17H27N3O4S/c1-19(2)25(22,23)18-16-10-12-20(13-17(16)21)11-4-5-14-6-8-15(24-3)9-7-14/h4-9,16-18,21H,10-13H2,1-3H3/t16-,17-/m1/s1. The highest BCUT2D eigenvalue weighted by Gasteiger charge is 2.30. The van der Waals surface area contributed by atoms with Crippen LogP contribution in [-0.2, 0) is 10.2 Å². The van der Waals surface area contributed by atoms with E-state index in [0.717, 1.165) is 22.2 Å². The quantitative estimate of drug-likeness (QED) is 0.733. The Morgan fingerprint density at radius 2 is 2.04 bits per heavy atom. The molecule has 1 aromatic carbocycles. The number of nitrogens with one attached hydrogen (secondary N) is 1. The highest BCUT2D eigenvalue weighted by Crippen LogP contribution is 2.14. The van der Waals surface area contributed by atoms with Crippen molar-refractivity contribution in [2.75, 3.05) is 40.8 Å². The Labute approximate surface area is 150 Å². The number of hydrogen-bond acceptors (Lipinski definition) is 5. The van der Waals surface area contributed by atoms with Crippen molar-refractivity contribution in [3.8, 4) is 5.75 Å². The van der Waals surface area contributed by atoms with Gasteiger partial charge in [-0.2, -0.15) is 17.4 Å². The maximum absolute atomic E-state index is 11.9. The van der Waals surface area contributed by atoms with Crippen LogP contribution in [0.3, 0.4) is 0 Å². The first kappa shape index (κ1) is 19.9. The Kier molecular flexibility index (Phi) is 6.97. The zero-order valence-corrected chi connectivity index (χ0v) is 15.7. The van der Waals surface area contributed by atoms with Crippen molar-refractivity contribution in [1.29, 1.82) is 0 Å². The molecule has 7 nitrogen and oxygen atoms in total. The van der Waals surface area contributed by atoms with Gasteiger partial charge in [-0.15, -0.1) is 0 Å². The number of methoxy groups -OCH3 is 1. The number of rotatable bonds is 7. The fourth-order valence-electron chi connectivity index (χ4n) is 2.65. The molecule has 0 aromatic heterocycles. The van der Waals surface area contributed by atoms with Gasteiger partial charge in [-0.05, 0) is 24.1 Å². The summed E-state index contributed by atoms with van der Waals surface area (Å²) in [6, 6.07) is 7.32. The predicted octanol–water partition coefficient (Wildman–Crippen LogP) is 0.540. The van der Waals surface area contributed by atoms with Gasteiger partial charge in [0.15, 0.2) is 0 Å². The van der Waals surface area contributed by atoms with Crippen molar-refractivity contribution >= 4 is 16.3 Å². The van der Waals surface area contributed by atoms with Gasteiger partial charge in [-0.3, -0.25) is 4.90 Å².